The van der Waals surface area contributed by atoms with Crippen molar-refractivity contribution in [2.75, 3.05) is 0 Å². The number of hydrogen-bond acceptors (Lipinski definition) is 5. The number of Topliss-reactive ketones (excluding diaryl/α,β-unsaturated/α-hetero) is 1. The zero-order valence-electron chi connectivity index (χ0n) is 14.5. The van der Waals surface area contributed by atoms with Gasteiger partial charge < -0.3 is 4.74 Å². The third-order valence-electron chi connectivity index (χ3n) is 4.91. The molecule has 0 N–H and O–H groups in total. The van der Waals surface area contributed by atoms with Crippen molar-refractivity contribution < 1.29 is 9.53 Å². The molecule has 0 unspecified atom stereocenters. The lowest BCUT2D eigenvalue weighted by Crippen LogP contribution is -2.45. The summed E-state index contributed by atoms with van der Waals surface area (Å²) >= 11 is 11.2. The molecule has 7 heteroatoms. The minimum Gasteiger partial charge on any atom is -0.461 e. The lowest BCUT2D eigenvalue weighted by Gasteiger charge is -2.37. The largest absolute Gasteiger partial charge is 0.461 e. The number of fused-ring (bicyclic) bond motifs is 3. The van der Waals surface area contributed by atoms with E-state index in [4.69, 9.17) is 21.4 Å². The summed E-state index contributed by atoms with van der Waals surface area (Å²) in [5.41, 5.74) is 2.56. The van der Waals surface area contributed by atoms with Crippen LogP contribution in [0, 0.1) is 0 Å². The van der Waals surface area contributed by atoms with Crippen LogP contribution in [-0.4, -0.2) is 22.7 Å². The van der Waals surface area contributed by atoms with Crippen molar-refractivity contribution in [3.05, 3.63) is 85.5 Å². The summed E-state index contributed by atoms with van der Waals surface area (Å²) in [6.45, 7) is 0. The summed E-state index contributed by atoms with van der Waals surface area (Å²) in [6.07, 6.45) is -0.0742. The number of ether oxygens (including phenoxy) is 1. The Kier molecular flexibility index (Phi) is 4.50. The Morgan fingerprint density at radius 1 is 1.21 bits per heavy atom. The van der Waals surface area contributed by atoms with Crippen molar-refractivity contribution in [3.8, 4) is 5.75 Å². The zero-order chi connectivity index (χ0) is 19.3. The highest BCUT2D eigenvalue weighted by molar-refractivity contribution is 9.10. The van der Waals surface area contributed by atoms with Crippen LogP contribution in [0.2, 0.25) is 5.02 Å². The van der Waals surface area contributed by atoms with E-state index in [1.807, 2.05) is 29.6 Å². The Balaban J connectivity index is 1.57. The van der Waals surface area contributed by atoms with Crippen molar-refractivity contribution >= 4 is 50.4 Å². The first-order valence-electron chi connectivity index (χ1n) is 8.76. The van der Waals surface area contributed by atoms with Gasteiger partial charge in [-0.1, -0.05) is 33.6 Å². The number of benzene rings is 2. The Bertz CT molecular complexity index is 1080. The molecule has 1 aromatic heterocycles. The van der Waals surface area contributed by atoms with Crippen molar-refractivity contribution in [3.63, 3.8) is 0 Å². The van der Waals surface area contributed by atoms with Gasteiger partial charge in [-0.05, 0) is 53.9 Å². The second kappa shape index (κ2) is 7.03. The number of hydrogen-bond donors (Lipinski definition) is 0. The predicted molar refractivity (Wildman–Crippen MR) is 114 cm³/mol. The summed E-state index contributed by atoms with van der Waals surface area (Å²) < 4.78 is 7.11. The first-order valence-corrected chi connectivity index (χ1v) is 10.8. The number of thiophene rings is 1. The molecule has 4 nitrogen and oxygen atoms in total. The van der Waals surface area contributed by atoms with Gasteiger partial charge in [0.05, 0.1) is 16.6 Å². The fraction of sp³-hybridized carbons (Fsp3) is 0.143. The smallest absolute Gasteiger partial charge is 0.251 e. The minimum atomic E-state index is -0.808. The van der Waals surface area contributed by atoms with Crippen LogP contribution in [0.1, 0.15) is 33.3 Å². The molecule has 28 heavy (non-hydrogen) atoms. The standard InChI is InChI=1S/C21H14BrClN2O2S/c22-13-5-8-18-15(10-13)17-11-16(19-2-1-9-28-19)24-25(17)21(27-18)20(26)12-3-6-14(23)7-4-12/h1-10,17,21H,11H2/t17-,21-/m0/s1. The van der Waals surface area contributed by atoms with Gasteiger partial charge in [0.2, 0.25) is 5.78 Å². The quantitative estimate of drug-likeness (QED) is 0.444. The monoisotopic (exact) mass is 472 g/mol. The van der Waals surface area contributed by atoms with Gasteiger partial charge in [0.25, 0.3) is 6.23 Å². The van der Waals surface area contributed by atoms with E-state index in [1.54, 1.807) is 40.6 Å². The fourth-order valence-corrected chi connectivity index (χ4v) is 4.81. The molecule has 3 heterocycles. The minimum absolute atomic E-state index is 0.0420. The fourth-order valence-electron chi connectivity index (χ4n) is 3.58. The van der Waals surface area contributed by atoms with E-state index in [0.717, 1.165) is 32.8 Å². The third-order valence-corrected chi connectivity index (χ3v) is 6.57. The highest BCUT2D eigenvalue weighted by atomic mass is 79.9. The van der Waals surface area contributed by atoms with E-state index < -0.39 is 6.23 Å². The number of carbonyl (C=O) groups excluding carboxylic acids is 1. The van der Waals surface area contributed by atoms with E-state index in [-0.39, 0.29) is 11.8 Å². The maximum absolute atomic E-state index is 13.2. The molecule has 0 saturated carbocycles. The molecular formula is C21H14BrClN2O2S. The second-order valence-corrected chi connectivity index (χ2v) is 8.95. The highest BCUT2D eigenvalue weighted by Crippen LogP contribution is 2.44. The number of nitrogens with zero attached hydrogens (tertiary/aromatic N) is 2. The summed E-state index contributed by atoms with van der Waals surface area (Å²) in [5.74, 6) is 0.589. The van der Waals surface area contributed by atoms with Crippen LogP contribution in [0.25, 0.3) is 0 Å². The number of carbonyl (C=O) groups is 1. The first-order chi connectivity index (χ1) is 13.6. The molecular weight excluding hydrogens is 460 g/mol. The molecule has 0 amide bonds. The van der Waals surface area contributed by atoms with Crippen LogP contribution in [0.15, 0.2) is 69.6 Å². The third kappa shape index (κ3) is 3.05. The average Bonchev–Trinajstić information content (AvgIpc) is 3.37. The SMILES string of the molecule is O=C(c1ccc(Cl)cc1)[C@@H]1Oc2ccc(Br)cc2[C@@H]2CC(c3cccs3)=NN12. The van der Waals surface area contributed by atoms with Crippen LogP contribution in [0.3, 0.4) is 0 Å². The van der Waals surface area contributed by atoms with E-state index in [9.17, 15) is 4.79 Å². The van der Waals surface area contributed by atoms with Crippen LogP contribution in [0.5, 0.6) is 5.75 Å². The lowest BCUT2D eigenvalue weighted by molar-refractivity contribution is -0.00458. The van der Waals surface area contributed by atoms with Gasteiger partial charge in [-0.25, -0.2) is 5.01 Å². The van der Waals surface area contributed by atoms with Crippen LogP contribution in [0.4, 0.5) is 0 Å². The summed E-state index contributed by atoms with van der Waals surface area (Å²) in [5, 5.41) is 9.23. The van der Waals surface area contributed by atoms with Crippen molar-refractivity contribution in [2.45, 2.75) is 18.7 Å². The highest BCUT2D eigenvalue weighted by Gasteiger charge is 2.43. The number of halogens is 2. The van der Waals surface area contributed by atoms with E-state index in [2.05, 4.69) is 22.0 Å². The Hall–Kier alpha value is -2.15. The van der Waals surface area contributed by atoms with Crippen LogP contribution in [-0.2, 0) is 0 Å². The van der Waals surface area contributed by atoms with Gasteiger partial charge in [-0.15, -0.1) is 11.3 Å². The molecule has 0 spiro atoms. The van der Waals surface area contributed by atoms with Gasteiger partial charge in [-0.3, -0.25) is 4.79 Å². The van der Waals surface area contributed by atoms with Crippen molar-refractivity contribution in [1.29, 1.82) is 0 Å². The lowest BCUT2D eigenvalue weighted by atomic mass is 9.97. The Morgan fingerprint density at radius 3 is 2.79 bits per heavy atom. The zero-order valence-corrected chi connectivity index (χ0v) is 17.7. The van der Waals surface area contributed by atoms with Gasteiger partial charge in [0.1, 0.15) is 5.75 Å². The molecule has 0 saturated heterocycles. The molecule has 5 rings (SSSR count). The number of hydrazone groups is 1. The number of ketones is 1. The molecule has 2 aliphatic rings. The van der Waals surface area contributed by atoms with Crippen molar-refractivity contribution in [1.82, 2.24) is 5.01 Å². The second-order valence-electron chi connectivity index (χ2n) is 6.65. The number of rotatable bonds is 3. The molecule has 0 aliphatic carbocycles. The Morgan fingerprint density at radius 2 is 2.04 bits per heavy atom. The van der Waals surface area contributed by atoms with Gasteiger partial charge in [-0.2, -0.15) is 5.10 Å². The van der Waals surface area contributed by atoms with Crippen LogP contribution < -0.4 is 4.74 Å². The maximum atomic E-state index is 13.2. The predicted octanol–water partition coefficient (Wildman–Crippen LogP) is 5.92. The maximum Gasteiger partial charge on any atom is 0.251 e. The molecule has 0 radical (unpaired) electrons. The average molecular weight is 474 g/mol. The molecule has 140 valence electrons. The normalized spacial score (nSPS) is 20.2. The molecule has 2 aromatic carbocycles. The molecule has 2 atom stereocenters. The van der Waals surface area contributed by atoms with Gasteiger partial charge in [0.15, 0.2) is 0 Å². The molecule has 3 aromatic rings. The van der Waals surface area contributed by atoms with E-state index in [0.29, 0.717) is 10.6 Å². The Labute approximate surface area is 179 Å². The summed E-state index contributed by atoms with van der Waals surface area (Å²) in [7, 11) is 0. The van der Waals surface area contributed by atoms with Crippen molar-refractivity contribution in [2.24, 2.45) is 5.10 Å². The van der Waals surface area contributed by atoms with Gasteiger partial charge >= 0.3 is 0 Å². The summed E-state index contributed by atoms with van der Waals surface area (Å²) in [4.78, 5) is 14.4. The van der Waals surface area contributed by atoms with Gasteiger partial charge in [0, 0.05) is 27.0 Å². The molecule has 0 bridgehead atoms. The van der Waals surface area contributed by atoms with Crippen LogP contribution >= 0.6 is 38.9 Å². The topological polar surface area (TPSA) is 41.9 Å². The molecule has 2 aliphatic heterocycles. The summed E-state index contributed by atoms with van der Waals surface area (Å²) in [6, 6.07) is 16.8. The van der Waals surface area contributed by atoms with E-state index in [1.165, 1.54) is 0 Å². The van der Waals surface area contributed by atoms with E-state index >= 15 is 0 Å². The first kappa shape index (κ1) is 17.9. The molecule has 0 fully saturated rings.